The van der Waals surface area contributed by atoms with Crippen LogP contribution in [0.5, 0.6) is 0 Å². The van der Waals surface area contributed by atoms with Crippen molar-refractivity contribution in [3.63, 3.8) is 0 Å². The molecular weight excluding hydrogens is 222 g/mol. The fourth-order valence-electron chi connectivity index (χ4n) is 1.54. The fraction of sp³-hybridized carbons (Fsp3) is 0.250. The molecule has 16 heavy (non-hydrogen) atoms. The number of rotatable bonds is 4. The minimum absolute atomic E-state index is 0.795. The van der Waals surface area contributed by atoms with Crippen molar-refractivity contribution in [2.24, 2.45) is 0 Å². The van der Waals surface area contributed by atoms with E-state index in [0.29, 0.717) is 0 Å². The van der Waals surface area contributed by atoms with E-state index in [0.717, 1.165) is 29.4 Å². The number of anilines is 1. The molecule has 0 atom stereocenters. The average Bonchev–Trinajstić information content (AvgIpc) is 2.77. The van der Waals surface area contributed by atoms with Gasteiger partial charge in [-0.25, -0.2) is 0 Å². The lowest BCUT2D eigenvalue weighted by Crippen LogP contribution is -2.11. The molecule has 0 aliphatic heterocycles. The van der Waals surface area contributed by atoms with E-state index < -0.39 is 0 Å². The van der Waals surface area contributed by atoms with Crippen LogP contribution in [0.3, 0.4) is 0 Å². The summed E-state index contributed by atoms with van der Waals surface area (Å²) in [7, 11) is 0. The van der Waals surface area contributed by atoms with E-state index in [1.807, 2.05) is 42.1 Å². The lowest BCUT2D eigenvalue weighted by Gasteiger charge is -2.10. The summed E-state index contributed by atoms with van der Waals surface area (Å²) < 4.78 is 1.90. The Morgan fingerprint density at radius 3 is 3.00 bits per heavy atom. The third-order valence-corrected chi connectivity index (χ3v) is 2.89. The molecule has 4 heteroatoms. The van der Waals surface area contributed by atoms with Crippen LogP contribution < -0.4 is 5.32 Å². The van der Waals surface area contributed by atoms with E-state index in [2.05, 4.69) is 10.4 Å². The maximum atomic E-state index is 6.03. The molecule has 0 amide bonds. The third kappa shape index (κ3) is 2.55. The summed E-state index contributed by atoms with van der Waals surface area (Å²) in [5.41, 5.74) is 2.17. The topological polar surface area (TPSA) is 29.9 Å². The highest BCUT2D eigenvalue weighted by atomic mass is 35.5. The third-order valence-electron chi connectivity index (χ3n) is 2.48. The number of hydrogen-bond acceptors (Lipinski definition) is 2. The first kappa shape index (κ1) is 11.0. The zero-order chi connectivity index (χ0) is 11.4. The lowest BCUT2D eigenvalue weighted by atomic mass is 10.2. The zero-order valence-corrected chi connectivity index (χ0v) is 9.91. The van der Waals surface area contributed by atoms with Crippen molar-refractivity contribution in [1.29, 1.82) is 0 Å². The minimum atomic E-state index is 0.795. The monoisotopic (exact) mass is 235 g/mol. The second kappa shape index (κ2) is 5.03. The number of nitrogens with zero attached hydrogens (tertiary/aromatic N) is 2. The lowest BCUT2D eigenvalue weighted by molar-refractivity contribution is 0.638. The summed E-state index contributed by atoms with van der Waals surface area (Å²) in [6, 6.07) is 7.80. The van der Waals surface area contributed by atoms with Crippen LogP contribution in [-0.2, 0) is 6.54 Å². The molecule has 1 aromatic carbocycles. The number of halogens is 1. The van der Waals surface area contributed by atoms with Gasteiger partial charge in [-0.15, -0.1) is 0 Å². The van der Waals surface area contributed by atoms with Crippen LogP contribution in [0.2, 0.25) is 5.02 Å². The van der Waals surface area contributed by atoms with Crippen LogP contribution in [0.1, 0.15) is 5.56 Å². The second-order valence-electron chi connectivity index (χ2n) is 3.61. The van der Waals surface area contributed by atoms with E-state index in [1.54, 1.807) is 6.20 Å². The molecule has 1 heterocycles. The zero-order valence-electron chi connectivity index (χ0n) is 9.15. The van der Waals surface area contributed by atoms with Crippen molar-refractivity contribution in [3.8, 4) is 0 Å². The van der Waals surface area contributed by atoms with E-state index in [4.69, 9.17) is 11.6 Å². The molecule has 0 aliphatic carbocycles. The highest BCUT2D eigenvalue weighted by Crippen LogP contribution is 2.22. The van der Waals surface area contributed by atoms with Crippen LogP contribution in [0.25, 0.3) is 0 Å². The molecule has 1 N–H and O–H groups in total. The predicted molar refractivity (Wildman–Crippen MR) is 66.9 cm³/mol. The summed E-state index contributed by atoms with van der Waals surface area (Å²) in [6.07, 6.45) is 3.73. The Kier molecular flexibility index (Phi) is 3.47. The number of hydrogen-bond donors (Lipinski definition) is 1. The molecule has 0 saturated heterocycles. The molecule has 0 saturated carbocycles. The molecule has 0 bridgehead atoms. The highest BCUT2D eigenvalue weighted by Gasteiger charge is 2.00. The molecule has 1 aromatic heterocycles. The van der Waals surface area contributed by atoms with Gasteiger partial charge in [-0.1, -0.05) is 17.7 Å². The Balaban J connectivity index is 1.92. The van der Waals surface area contributed by atoms with Crippen molar-refractivity contribution in [2.45, 2.75) is 13.5 Å². The quantitative estimate of drug-likeness (QED) is 0.883. The van der Waals surface area contributed by atoms with Crippen LogP contribution in [0.15, 0.2) is 36.7 Å². The van der Waals surface area contributed by atoms with Crippen molar-refractivity contribution in [3.05, 3.63) is 47.2 Å². The van der Waals surface area contributed by atoms with Crippen molar-refractivity contribution < 1.29 is 0 Å². The first-order valence-corrected chi connectivity index (χ1v) is 5.61. The summed E-state index contributed by atoms with van der Waals surface area (Å²) in [6.45, 7) is 3.69. The van der Waals surface area contributed by atoms with E-state index in [1.165, 1.54) is 0 Å². The van der Waals surface area contributed by atoms with E-state index in [9.17, 15) is 0 Å². The van der Waals surface area contributed by atoms with Crippen LogP contribution in [0, 0.1) is 6.92 Å². The number of aromatic nitrogens is 2. The van der Waals surface area contributed by atoms with Gasteiger partial charge in [0.1, 0.15) is 0 Å². The second-order valence-corrected chi connectivity index (χ2v) is 4.02. The van der Waals surface area contributed by atoms with Gasteiger partial charge >= 0.3 is 0 Å². The Hall–Kier alpha value is -1.48. The number of benzene rings is 1. The summed E-state index contributed by atoms with van der Waals surface area (Å²) in [5.74, 6) is 0. The molecule has 84 valence electrons. The summed E-state index contributed by atoms with van der Waals surface area (Å²) >= 11 is 6.03. The van der Waals surface area contributed by atoms with Gasteiger partial charge in [0.15, 0.2) is 0 Å². The molecule has 2 aromatic rings. The largest absolute Gasteiger partial charge is 0.383 e. The Morgan fingerprint density at radius 2 is 2.25 bits per heavy atom. The molecule has 0 radical (unpaired) electrons. The highest BCUT2D eigenvalue weighted by molar-refractivity contribution is 6.31. The van der Waals surface area contributed by atoms with Gasteiger partial charge in [0, 0.05) is 29.6 Å². The van der Waals surface area contributed by atoms with Crippen LogP contribution in [0.4, 0.5) is 5.69 Å². The Bertz CT molecular complexity index is 451. The summed E-state index contributed by atoms with van der Waals surface area (Å²) in [4.78, 5) is 0. The molecule has 0 spiro atoms. The minimum Gasteiger partial charge on any atom is -0.383 e. The SMILES string of the molecule is Cc1c(Cl)cccc1NCCn1cccn1. The van der Waals surface area contributed by atoms with Gasteiger partial charge < -0.3 is 5.32 Å². The smallest absolute Gasteiger partial charge is 0.0582 e. The molecule has 3 nitrogen and oxygen atoms in total. The first-order valence-electron chi connectivity index (χ1n) is 5.24. The Labute approximate surface area is 100 Å². The van der Waals surface area contributed by atoms with E-state index >= 15 is 0 Å². The van der Waals surface area contributed by atoms with Crippen molar-refractivity contribution >= 4 is 17.3 Å². The van der Waals surface area contributed by atoms with Gasteiger partial charge in [-0.3, -0.25) is 4.68 Å². The maximum absolute atomic E-state index is 6.03. The first-order chi connectivity index (χ1) is 7.77. The average molecular weight is 236 g/mol. The van der Waals surface area contributed by atoms with Crippen LogP contribution in [-0.4, -0.2) is 16.3 Å². The maximum Gasteiger partial charge on any atom is 0.0582 e. The van der Waals surface area contributed by atoms with E-state index in [-0.39, 0.29) is 0 Å². The normalized spacial score (nSPS) is 10.4. The van der Waals surface area contributed by atoms with Gasteiger partial charge in [-0.05, 0) is 30.7 Å². The molecule has 0 unspecified atom stereocenters. The molecule has 0 aliphatic rings. The number of nitrogens with one attached hydrogen (secondary N) is 1. The summed E-state index contributed by atoms with van der Waals surface area (Å²) in [5, 5.41) is 8.28. The van der Waals surface area contributed by atoms with Gasteiger partial charge in [0.05, 0.1) is 6.54 Å². The van der Waals surface area contributed by atoms with Gasteiger partial charge in [-0.2, -0.15) is 5.10 Å². The van der Waals surface area contributed by atoms with Crippen molar-refractivity contribution in [2.75, 3.05) is 11.9 Å². The fourth-order valence-corrected chi connectivity index (χ4v) is 1.71. The Morgan fingerprint density at radius 1 is 1.38 bits per heavy atom. The van der Waals surface area contributed by atoms with Crippen LogP contribution >= 0.6 is 11.6 Å². The van der Waals surface area contributed by atoms with Crippen molar-refractivity contribution in [1.82, 2.24) is 9.78 Å². The standard InChI is InChI=1S/C12H14ClN3/c1-10-11(13)4-2-5-12(10)14-7-9-16-8-3-6-15-16/h2-6,8,14H,7,9H2,1H3. The molecular formula is C12H14ClN3. The van der Waals surface area contributed by atoms with Gasteiger partial charge in [0.25, 0.3) is 0 Å². The molecule has 0 fully saturated rings. The molecule has 2 rings (SSSR count). The van der Waals surface area contributed by atoms with Gasteiger partial charge in [0.2, 0.25) is 0 Å². The predicted octanol–water partition coefficient (Wildman–Crippen LogP) is 2.96.